The van der Waals surface area contributed by atoms with Crippen LogP contribution in [0.1, 0.15) is 5.56 Å². The van der Waals surface area contributed by atoms with Crippen LogP contribution in [-0.4, -0.2) is 21.6 Å². The van der Waals surface area contributed by atoms with E-state index in [1.807, 2.05) is 12.1 Å². The molecular formula is C16H12N4O2. The van der Waals surface area contributed by atoms with Crippen molar-refractivity contribution in [1.82, 2.24) is 15.0 Å². The number of fused-ring (bicyclic) bond motifs is 1. The number of rotatable bonds is 4. The first-order valence-corrected chi connectivity index (χ1v) is 6.73. The van der Waals surface area contributed by atoms with E-state index in [-0.39, 0.29) is 5.56 Å². The first kappa shape index (κ1) is 13.8. The second-order valence-corrected chi connectivity index (χ2v) is 4.62. The molecule has 0 amide bonds. The van der Waals surface area contributed by atoms with Crippen LogP contribution in [0.4, 0.5) is 0 Å². The molecule has 0 aliphatic carbocycles. The van der Waals surface area contributed by atoms with E-state index in [2.05, 4.69) is 10.3 Å². The number of benzene rings is 2. The van der Waals surface area contributed by atoms with E-state index in [0.717, 1.165) is 0 Å². The Morgan fingerprint density at radius 2 is 1.91 bits per heavy atom. The van der Waals surface area contributed by atoms with Gasteiger partial charge in [0.2, 0.25) is 0 Å². The number of hydrogen-bond acceptors (Lipinski definition) is 5. The van der Waals surface area contributed by atoms with Crippen LogP contribution in [0.2, 0.25) is 0 Å². The van der Waals surface area contributed by atoms with E-state index in [1.165, 1.54) is 4.68 Å². The Hall–Kier alpha value is -3.20. The van der Waals surface area contributed by atoms with Crippen LogP contribution in [0, 0.1) is 11.3 Å². The maximum absolute atomic E-state index is 12.2. The third-order valence-electron chi connectivity index (χ3n) is 3.18. The molecule has 1 aromatic heterocycles. The van der Waals surface area contributed by atoms with Gasteiger partial charge in [0.25, 0.3) is 5.56 Å². The fraction of sp³-hybridized carbons (Fsp3) is 0.125. The zero-order valence-electron chi connectivity index (χ0n) is 11.6. The van der Waals surface area contributed by atoms with Crippen LogP contribution < -0.4 is 10.3 Å². The second-order valence-electron chi connectivity index (χ2n) is 4.62. The molecule has 0 atom stereocenters. The molecule has 0 radical (unpaired) electrons. The molecule has 0 unspecified atom stereocenters. The van der Waals surface area contributed by atoms with Gasteiger partial charge in [0.1, 0.15) is 17.9 Å². The van der Waals surface area contributed by atoms with Crippen LogP contribution in [0.5, 0.6) is 5.75 Å². The molecule has 6 nitrogen and oxygen atoms in total. The topological polar surface area (TPSA) is 80.8 Å². The first-order chi connectivity index (χ1) is 10.8. The smallest absolute Gasteiger partial charge is 0.277 e. The number of nitriles is 1. The Balaban J connectivity index is 1.70. The average molecular weight is 292 g/mol. The Morgan fingerprint density at radius 3 is 2.68 bits per heavy atom. The molecule has 1 heterocycles. The Labute approximate surface area is 126 Å². The predicted octanol–water partition coefficient (Wildman–Crippen LogP) is 1.74. The molecular weight excluding hydrogens is 280 g/mol. The van der Waals surface area contributed by atoms with Crippen LogP contribution in [0.3, 0.4) is 0 Å². The van der Waals surface area contributed by atoms with Crippen LogP contribution >= 0.6 is 0 Å². The van der Waals surface area contributed by atoms with Crippen LogP contribution in [-0.2, 0) is 6.54 Å². The highest BCUT2D eigenvalue weighted by atomic mass is 16.5. The summed E-state index contributed by atoms with van der Waals surface area (Å²) in [5.41, 5.74) is 0.967. The van der Waals surface area contributed by atoms with Gasteiger partial charge >= 0.3 is 0 Å². The molecule has 0 aliphatic rings. The molecule has 0 N–H and O–H groups in total. The fourth-order valence-electron chi connectivity index (χ4n) is 2.05. The summed E-state index contributed by atoms with van der Waals surface area (Å²) in [6, 6.07) is 15.9. The Morgan fingerprint density at radius 1 is 1.14 bits per heavy atom. The normalized spacial score (nSPS) is 10.3. The average Bonchev–Trinajstić information content (AvgIpc) is 2.58. The van der Waals surface area contributed by atoms with Crippen molar-refractivity contribution in [2.75, 3.05) is 6.61 Å². The van der Waals surface area contributed by atoms with Crippen molar-refractivity contribution in [3.63, 3.8) is 0 Å². The van der Waals surface area contributed by atoms with E-state index in [9.17, 15) is 4.79 Å². The summed E-state index contributed by atoms with van der Waals surface area (Å²) in [5.74, 6) is 0.640. The van der Waals surface area contributed by atoms with Crippen LogP contribution in [0.15, 0.2) is 53.3 Å². The highest BCUT2D eigenvalue weighted by Gasteiger charge is 2.04. The van der Waals surface area contributed by atoms with E-state index in [4.69, 9.17) is 10.00 Å². The fourth-order valence-corrected chi connectivity index (χ4v) is 2.05. The SMILES string of the molecule is N#Cc1ccc(OCCn2nnc3ccccc3c2=O)cc1. The van der Waals surface area contributed by atoms with Crippen molar-refractivity contribution >= 4 is 10.9 Å². The van der Waals surface area contributed by atoms with Crippen molar-refractivity contribution in [1.29, 1.82) is 5.26 Å². The standard InChI is InChI=1S/C16H12N4O2/c17-11-12-5-7-13(8-6-12)22-10-9-20-16(21)14-3-1-2-4-15(14)18-19-20/h1-8H,9-10H2. The monoisotopic (exact) mass is 292 g/mol. The van der Waals surface area contributed by atoms with Crippen molar-refractivity contribution in [3.05, 3.63) is 64.4 Å². The number of ether oxygens (including phenoxy) is 1. The van der Waals surface area contributed by atoms with E-state index >= 15 is 0 Å². The quantitative estimate of drug-likeness (QED) is 0.731. The third-order valence-corrected chi connectivity index (χ3v) is 3.18. The molecule has 0 saturated carbocycles. The summed E-state index contributed by atoms with van der Waals surface area (Å²) in [5, 5.41) is 17.2. The maximum Gasteiger partial charge on any atom is 0.277 e. The van der Waals surface area contributed by atoms with Gasteiger partial charge in [-0.1, -0.05) is 17.3 Å². The summed E-state index contributed by atoms with van der Waals surface area (Å²) in [6.07, 6.45) is 0. The summed E-state index contributed by atoms with van der Waals surface area (Å²) >= 11 is 0. The van der Waals surface area contributed by atoms with Crippen molar-refractivity contribution in [2.24, 2.45) is 0 Å². The lowest BCUT2D eigenvalue weighted by Gasteiger charge is -2.07. The number of aromatic nitrogens is 3. The Bertz CT molecular complexity index is 894. The molecule has 22 heavy (non-hydrogen) atoms. The molecule has 108 valence electrons. The molecule has 6 heteroatoms. The van der Waals surface area contributed by atoms with Gasteiger partial charge in [-0.2, -0.15) is 5.26 Å². The maximum atomic E-state index is 12.2. The number of nitrogens with zero attached hydrogens (tertiary/aromatic N) is 4. The lowest BCUT2D eigenvalue weighted by Crippen LogP contribution is -2.26. The van der Waals surface area contributed by atoms with Crippen LogP contribution in [0.25, 0.3) is 10.9 Å². The second kappa shape index (κ2) is 6.06. The molecule has 3 aromatic rings. The van der Waals surface area contributed by atoms with Crippen molar-refractivity contribution in [2.45, 2.75) is 6.54 Å². The molecule has 0 spiro atoms. The first-order valence-electron chi connectivity index (χ1n) is 6.73. The van der Waals surface area contributed by atoms with Gasteiger partial charge in [-0.25, -0.2) is 4.68 Å². The minimum atomic E-state index is -0.186. The molecule has 0 bridgehead atoms. The van der Waals surface area contributed by atoms with E-state index < -0.39 is 0 Å². The number of hydrogen-bond donors (Lipinski definition) is 0. The summed E-state index contributed by atoms with van der Waals surface area (Å²) in [4.78, 5) is 12.2. The van der Waals surface area contributed by atoms with Gasteiger partial charge in [0.05, 0.1) is 23.6 Å². The molecule has 0 saturated heterocycles. The van der Waals surface area contributed by atoms with Crippen molar-refractivity contribution < 1.29 is 4.74 Å². The third kappa shape index (κ3) is 2.79. The van der Waals surface area contributed by atoms with E-state index in [1.54, 1.807) is 42.5 Å². The minimum absolute atomic E-state index is 0.186. The molecule has 3 rings (SSSR count). The van der Waals surface area contributed by atoms with Gasteiger partial charge in [0.15, 0.2) is 0 Å². The molecule has 2 aromatic carbocycles. The highest BCUT2D eigenvalue weighted by Crippen LogP contribution is 2.11. The van der Waals surface area contributed by atoms with Gasteiger partial charge in [-0.3, -0.25) is 4.79 Å². The molecule has 0 fully saturated rings. The molecule has 0 aliphatic heterocycles. The largest absolute Gasteiger partial charge is 0.492 e. The van der Waals surface area contributed by atoms with Gasteiger partial charge < -0.3 is 4.74 Å². The predicted molar refractivity (Wildman–Crippen MR) is 80.5 cm³/mol. The summed E-state index contributed by atoms with van der Waals surface area (Å²) in [7, 11) is 0. The Kier molecular flexibility index (Phi) is 3.79. The highest BCUT2D eigenvalue weighted by molar-refractivity contribution is 5.76. The van der Waals surface area contributed by atoms with Gasteiger partial charge in [-0.05, 0) is 36.4 Å². The van der Waals surface area contributed by atoms with Gasteiger partial charge in [0, 0.05) is 0 Å². The zero-order valence-corrected chi connectivity index (χ0v) is 11.6. The zero-order chi connectivity index (χ0) is 15.4. The summed E-state index contributed by atoms with van der Waals surface area (Å²) < 4.78 is 6.82. The van der Waals surface area contributed by atoms with Gasteiger partial charge in [-0.15, -0.1) is 5.10 Å². The minimum Gasteiger partial charge on any atom is -0.492 e. The van der Waals surface area contributed by atoms with Crippen molar-refractivity contribution in [3.8, 4) is 11.8 Å². The van der Waals surface area contributed by atoms with E-state index in [0.29, 0.717) is 35.4 Å². The summed E-state index contributed by atoms with van der Waals surface area (Å²) in [6.45, 7) is 0.593. The lowest BCUT2D eigenvalue weighted by molar-refractivity contribution is 0.285. The lowest BCUT2D eigenvalue weighted by atomic mass is 10.2.